The molecule has 1 aromatic carbocycles. The first-order valence-corrected chi connectivity index (χ1v) is 9.81. The second-order valence-corrected chi connectivity index (χ2v) is 7.04. The Morgan fingerprint density at radius 2 is 1.93 bits per heavy atom. The number of rotatable bonds is 7. The molecular weight excluding hydrogens is 354 g/mol. The van der Waals surface area contributed by atoms with E-state index in [1.165, 1.54) is 0 Å². The molecule has 2 heterocycles. The fourth-order valence-corrected chi connectivity index (χ4v) is 3.34. The molecule has 2 amide bonds. The van der Waals surface area contributed by atoms with Crippen LogP contribution in [0.5, 0.6) is 5.75 Å². The average molecular weight is 381 g/mol. The summed E-state index contributed by atoms with van der Waals surface area (Å²) < 4.78 is 5.84. The van der Waals surface area contributed by atoms with Crippen molar-refractivity contribution in [2.75, 3.05) is 19.7 Å². The summed E-state index contributed by atoms with van der Waals surface area (Å²) in [6, 6.07) is 10.9. The van der Waals surface area contributed by atoms with Crippen molar-refractivity contribution in [2.24, 2.45) is 0 Å². The summed E-state index contributed by atoms with van der Waals surface area (Å²) in [7, 11) is 0. The number of nitrogens with zero attached hydrogens (tertiary/aromatic N) is 2. The Kier molecular flexibility index (Phi) is 6.63. The van der Waals surface area contributed by atoms with Crippen molar-refractivity contribution in [3.05, 3.63) is 59.4 Å². The molecule has 6 nitrogen and oxygen atoms in total. The van der Waals surface area contributed by atoms with Crippen molar-refractivity contribution >= 4 is 11.8 Å². The maximum Gasteiger partial charge on any atom is 0.260 e. The van der Waals surface area contributed by atoms with Crippen LogP contribution in [0.3, 0.4) is 0 Å². The van der Waals surface area contributed by atoms with E-state index < -0.39 is 0 Å². The lowest BCUT2D eigenvalue weighted by Crippen LogP contribution is -2.32. The molecule has 6 heteroatoms. The van der Waals surface area contributed by atoms with Crippen molar-refractivity contribution in [1.82, 2.24) is 15.2 Å². The van der Waals surface area contributed by atoms with Gasteiger partial charge in [0.05, 0.1) is 11.6 Å². The third kappa shape index (κ3) is 4.88. The SMILES string of the molecule is CCC(NC(=O)c1ccc(C)nc1)c1ccccc1OCC(=O)N1CCCC1. The normalized spacial score (nSPS) is 14.6. The van der Waals surface area contributed by atoms with Crippen LogP contribution in [0.2, 0.25) is 0 Å². The number of aryl methyl sites for hydroxylation is 1. The van der Waals surface area contributed by atoms with E-state index in [2.05, 4.69) is 10.3 Å². The number of hydrogen-bond acceptors (Lipinski definition) is 4. The molecule has 0 radical (unpaired) electrons. The molecule has 0 spiro atoms. The summed E-state index contributed by atoms with van der Waals surface area (Å²) in [6.45, 7) is 5.52. The van der Waals surface area contributed by atoms with Gasteiger partial charge in [-0.15, -0.1) is 0 Å². The van der Waals surface area contributed by atoms with Crippen LogP contribution in [0.4, 0.5) is 0 Å². The number of carbonyl (C=O) groups is 2. The lowest BCUT2D eigenvalue weighted by atomic mass is 10.0. The quantitative estimate of drug-likeness (QED) is 0.799. The highest BCUT2D eigenvalue weighted by molar-refractivity contribution is 5.94. The highest BCUT2D eigenvalue weighted by atomic mass is 16.5. The predicted octanol–water partition coefficient (Wildman–Crippen LogP) is 3.27. The van der Waals surface area contributed by atoms with E-state index in [0.717, 1.165) is 37.2 Å². The van der Waals surface area contributed by atoms with Crippen LogP contribution < -0.4 is 10.1 Å². The van der Waals surface area contributed by atoms with Crippen LogP contribution in [-0.2, 0) is 4.79 Å². The molecule has 148 valence electrons. The second-order valence-electron chi connectivity index (χ2n) is 7.04. The number of nitrogens with one attached hydrogen (secondary N) is 1. The van der Waals surface area contributed by atoms with Crippen LogP contribution in [0.25, 0.3) is 0 Å². The zero-order valence-electron chi connectivity index (χ0n) is 16.5. The Morgan fingerprint density at radius 3 is 2.61 bits per heavy atom. The molecule has 3 rings (SSSR count). The minimum atomic E-state index is -0.216. The van der Waals surface area contributed by atoms with Gasteiger partial charge in [-0.1, -0.05) is 25.1 Å². The summed E-state index contributed by atoms with van der Waals surface area (Å²) in [5.74, 6) is 0.460. The molecule has 1 fully saturated rings. The van der Waals surface area contributed by atoms with Crippen molar-refractivity contribution in [2.45, 2.75) is 39.2 Å². The molecule has 1 aromatic heterocycles. The smallest absolute Gasteiger partial charge is 0.260 e. The number of carbonyl (C=O) groups excluding carboxylic acids is 2. The van der Waals surface area contributed by atoms with Crippen LogP contribution >= 0.6 is 0 Å². The summed E-state index contributed by atoms with van der Waals surface area (Å²) in [5.41, 5.74) is 2.25. The van der Waals surface area contributed by atoms with Gasteiger partial charge in [0, 0.05) is 30.5 Å². The number of aromatic nitrogens is 1. The Morgan fingerprint density at radius 1 is 1.18 bits per heavy atom. The van der Waals surface area contributed by atoms with Crippen molar-refractivity contribution in [1.29, 1.82) is 0 Å². The van der Waals surface area contributed by atoms with Crippen LogP contribution in [0.15, 0.2) is 42.6 Å². The number of para-hydroxylation sites is 1. The maximum absolute atomic E-state index is 12.6. The summed E-state index contributed by atoms with van der Waals surface area (Å²) >= 11 is 0. The molecule has 1 N–H and O–H groups in total. The first kappa shape index (κ1) is 19.9. The Bertz CT molecular complexity index is 814. The van der Waals surface area contributed by atoms with E-state index in [4.69, 9.17) is 4.74 Å². The lowest BCUT2D eigenvalue weighted by molar-refractivity contribution is -0.132. The minimum absolute atomic E-state index is 0.00937. The molecule has 1 saturated heterocycles. The maximum atomic E-state index is 12.6. The van der Waals surface area contributed by atoms with Crippen LogP contribution in [0, 0.1) is 6.92 Å². The second kappa shape index (κ2) is 9.35. The number of hydrogen-bond donors (Lipinski definition) is 1. The number of pyridine rings is 1. The van der Waals surface area contributed by atoms with Gasteiger partial charge in [0.15, 0.2) is 6.61 Å². The lowest BCUT2D eigenvalue weighted by Gasteiger charge is -2.21. The molecule has 0 aliphatic carbocycles. The molecule has 1 unspecified atom stereocenters. The molecule has 28 heavy (non-hydrogen) atoms. The monoisotopic (exact) mass is 381 g/mol. The Hall–Kier alpha value is -2.89. The Labute approximate surface area is 165 Å². The average Bonchev–Trinajstić information content (AvgIpc) is 3.26. The Balaban J connectivity index is 1.69. The third-order valence-corrected chi connectivity index (χ3v) is 4.99. The standard InChI is InChI=1S/C22H27N3O3/c1-3-19(24-22(27)17-11-10-16(2)23-14-17)18-8-4-5-9-20(18)28-15-21(26)25-12-6-7-13-25/h4-5,8-11,14,19H,3,6-7,12-13,15H2,1-2H3,(H,24,27). The zero-order valence-corrected chi connectivity index (χ0v) is 16.5. The van der Waals surface area contributed by atoms with E-state index >= 15 is 0 Å². The van der Waals surface area contributed by atoms with E-state index in [-0.39, 0.29) is 24.5 Å². The zero-order chi connectivity index (χ0) is 19.9. The topological polar surface area (TPSA) is 71.5 Å². The van der Waals surface area contributed by atoms with Gasteiger partial charge in [-0.05, 0) is 44.4 Å². The van der Waals surface area contributed by atoms with Gasteiger partial charge in [-0.25, -0.2) is 0 Å². The molecule has 0 bridgehead atoms. The van der Waals surface area contributed by atoms with Gasteiger partial charge in [-0.3, -0.25) is 14.6 Å². The largest absolute Gasteiger partial charge is 0.483 e. The van der Waals surface area contributed by atoms with Crippen molar-refractivity contribution < 1.29 is 14.3 Å². The van der Waals surface area contributed by atoms with Gasteiger partial charge >= 0.3 is 0 Å². The van der Waals surface area contributed by atoms with Gasteiger partial charge in [0.2, 0.25) is 0 Å². The van der Waals surface area contributed by atoms with E-state index in [1.807, 2.05) is 49.1 Å². The molecule has 1 aliphatic heterocycles. The number of ether oxygens (including phenoxy) is 1. The predicted molar refractivity (Wildman–Crippen MR) is 107 cm³/mol. The van der Waals surface area contributed by atoms with E-state index in [9.17, 15) is 9.59 Å². The van der Waals surface area contributed by atoms with E-state index in [1.54, 1.807) is 12.3 Å². The number of benzene rings is 1. The highest BCUT2D eigenvalue weighted by Crippen LogP contribution is 2.27. The number of amides is 2. The van der Waals surface area contributed by atoms with Gasteiger partial charge in [-0.2, -0.15) is 0 Å². The number of likely N-dealkylation sites (tertiary alicyclic amines) is 1. The molecular formula is C22H27N3O3. The first-order chi connectivity index (χ1) is 13.6. The fraction of sp³-hybridized carbons (Fsp3) is 0.409. The van der Waals surface area contributed by atoms with Crippen LogP contribution in [0.1, 0.15) is 53.8 Å². The van der Waals surface area contributed by atoms with Gasteiger partial charge < -0.3 is 15.0 Å². The fourth-order valence-electron chi connectivity index (χ4n) is 3.34. The summed E-state index contributed by atoms with van der Waals surface area (Å²) in [5, 5.41) is 3.05. The van der Waals surface area contributed by atoms with Gasteiger partial charge in [0.25, 0.3) is 11.8 Å². The molecule has 1 aliphatic rings. The summed E-state index contributed by atoms with van der Waals surface area (Å²) in [6.07, 6.45) is 4.39. The molecule has 1 atom stereocenters. The third-order valence-electron chi connectivity index (χ3n) is 4.99. The molecule has 2 aromatic rings. The van der Waals surface area contributed by atoms with Crippen molar-refractivity contribution in [3.8, 4) is 5.75 Å². The first-order valence-electron chi connectivity index (χ1n) is 9.81. The van der Waals surface area contributed by atoms with Crippen molar-refractivity contribution in [3.63, 3.8) is 0 Å². The van der Waals surface area contributed by atoms with Crippen LogP contribution in [-0.4, -0.2) is 41.4 Å². The highest BCUT2D eigenvalue weighted by Gasteiger charge is 2.21. The van der Waals surface area contributed by atoms with E-state index in [0.29, 0.717) is 17.7 Å². The summed E-state index contributed by atoms with van der Waals surface area (Å²) in [4.78, 5) is 30.9. The van der Waals surface area contributed by atoms with Gasteiger partial charge in [0.1, 0.15) is 5.75 Å². The molecule has 0 saturated carbocycles. The minimum Gasteiger partial charge on any atom is -0.483 e.